The van der Waals surface area contributed by atoms with Crippen LogP contribution in [-0.2, 0) is 5.38 Å². The maximum atomic E-state index is 12.8. The number of benzene rings is 1. The molecule has 0 saturated carbocycles. The standard InChI is InChI=1S/C11H13ClF2O/c1-10(2,3)15-9-6-4-5-8(7-9)11(12,13)14/h4-7H,1-3H3. The average Bonchev–Trinajstić information content (AvgIpc) is 1.99. The van der Waals surface area contributed by atoms with Crippen molar-refractivity contribution in [3.8, 4) is 5.75 Å². The number of rotatable bonds is 2. The van der Waals surface area contributed by atoms with Crippen LogP contribution in [0.4, 0.5) is 8.78 Å². The largest absolute Gasteiger partial charge is 0.488 e. The molecule has 0 spiro atoms. The minimum Gasteiger partial charge on any atom is -0.488 e. The second kappa shape index (κ2) is 3.97. The molecule has 0 aliphatic rings. The summed E-state index contributed by atoms with van der Waals surface area (Å²) in [5.41, 5.74) is -0.675. The minimum absolute atomic E-state index is 0.258. The van der Waals surface area contributed by atoms with Crippen LogP contribution in [0.15, 0.2) is 24.3 Å². The Hall–Kier alpha value is -0.830. The number of ether oxygens (including phenoxy) is 1. The van der Waals surface area contributed by atoms with Gasteiger partial charge in [0.25, 0.3) is 0 Å². The number of hydrogen-bond donors (Lipinski definition) is 0. The van der Waals surface area contributed by atoms with Gasteiger partial charge in [-0.2, -0.15) is 8.78 Å². The number of hydrogen-bond acceptors (Lipinski definition) is 1. The van der Waals surface area contributed by atoms with Gasteiger partial charge in [0, 0.05) is 5.56 Å². The Labute approximate surface area is 93.0 Å². The zero-order valence-electron chi connectivity index (χ0n) is 8.85. The molecule has 0 fully saturated rings. The predicted molar refractivity (Wildman–Crippen MR) is 56.6 cm³/mol. The van der Waals surface area contributed by atoms with Crippen molar-refractivity contribution in [2.75, 3.05) is 0 Å². The third-order valence-corrected chi connectivity index (χ3v) is 1.80. The van der Waals surface area contributed by atoms with Crippen LogP contribution in [0, 0.1) is 0 Å². The molecule has 1 aromatic rings. The Morgan fingerprint density at radius 1 is 1.20 bits per heavy atom. The Kier molecular flexibility index (Phi) is 3.24. The van der Waals surface area contributed by atoms with E-state index in [2.05, 4.69) is 0 Å². The summed E-state index contributed by atoms with van der Waals surface area (Å²) >= 11 is 4.91. The van der Waals surface area contributed by atoms with E-state index in [1.165, 1.54) is 18.2 Å². The monoisotopic (exact) mass is 234 g/mol. The Bertz CT molecular complexity index is 339. The van der Waals surface area contributed by atoms with Crippen molar-refractivity contribution < 1.29 is 13.5 Å². The van der Waals surface area contributed by atoms with Gasteiger partial charge in [-0.05, 0) is 44.5 Å². The lowest BCUT2D eigenvalue weighted by atomic mass is 10.1. The van der Waals surface area contributed by atoms with Gasteiger partial charge in [0.2, 0.25) is 0 Å². The van der Waals surface area contributed by atoms with Crippen LogP contribution in [0.1, 0.15) is 26.3 Å². The molecule has 1 nitrogen and oxygen atoms in total. The lowest BCUT2D eigenvalue weighted by Crippen LogP contribution is -2.23. The second-order valence-corrected chi connectivity index (χ2v) is 4.71. The Balaban J connectivity index is 2.94. The third kappa shape index (κ3) is 4.04. The van der Waals surface area contributed by atoms with Crippen LogP contribution < -0.4 is 4.74 Å². The Morgan fingerprint density at radius 2 is 1.80 bits per heavy atom. The molecule has 0 bridgehead atoms. The maximum Gasteiger partial charge on any atom is 0.348 e. The van der Waals surface area contributed by atoms with Crippen molar-refractivity contribution in [2.45, 2.75) is 31.8 Å². The van der Waals surface area contributed by atoms with Crippen LogP contribution in [0.25, 0.3) is 0 Å². The van der Waals surface area contributed by atoms with Crippen LogP contribution in [0.5, 0.6) is 5.75 Å². The molecule has 15 heavy (non-hydrogen) atoms. The van der Waals surface area contributed by atoms with Gasteiger partial charge < -0.3 is 4.74 Å². The van der Waals surface area contributed by atoms with E-state index in [1.54, 1.807) is 6.07 Å². The summed E-state index contributed by atoms with van der Waals surface area (Å²) in [6.45, 7) is 5.54. The smallest absolute Gasteiger partial charge is 0.348 e. The lowest BCUT2D eigenvalue weighted by Gasteiger charge is -2.22. The highest BCUT2D eigenvalue weighted by Gasteiger charge is 2.28. The van der Waals surface area contributed by atoms with E-state index < -0.39 is 11.0 Å². The van der Waals surface area contributed by atoms with E-state index in [1.807, 2.05) is 20.8 Å². The molecule has 0 aliphatic heterocycles. The van der Waals surface area contributed by atoms with Crippen molar-refractivity contribution in [2.24, 2.45) is 0 Å². The first-order chi connectivity index (χ1) is 6.68. The van der Waals surface area contributed by atoms with Crippen molar-refractivity contribution >= 4 is 11.6 Å². The summed E-state index contributed by atoms with van der Waals surface area (Å²) in [6, 6.07) is 5.63. The average molecular weight is 235 g/mol. The predicted octanol–water partition coefficient (Wildman–Crippen LogP) is 4.15. The van der Waals surface area contributed by atoms with Gasteiger partial charge in [-0.3, -0.25) is 0 Å². The van der Waals surface area contributed by atoms with Crippen molar-refractivity contribution in [1.82, 2.24) is 0 Å². The molecule has 0 heterocycles. The summed E-state index contributed by atoms with van der Waals surface area (Å²) in [7, 11) is 0. The number of halogens is 3. The maximum absolute atomic E-state index is 12.8. The first-order valence-corrected chi connectivity index (χ1v) is 4.92. The second-order valence-electron chi connectivity index (χ2n) is 4.24. The molecule has 0 aliphatic carbocycles. The molecule has 0 saturated heterocycles. The van der Waals surface area contributed by atoms with Crippen LogP contribution in [0.3, 0.4) is 0 Å². The van der Waals surface area contributed by atoms with E-state index >= 15 is 0 Å². The summed E-state index contributed by atoms with van der Waals surface area (Å²) in [4.78, 5) is 0. The molecular formula is C11H13ClF2O. The van der Waals surface area contributed by atoms with E-state index in [-0.39, 0.29) is 5.56 Å². The summed E-state index contributed by atoms with van der Waals surface area (Å²) in [5.74, 6) is 0.389. The first-order valence-electron chi connectivity index (χ1n) is 4.55. The molecule has 0 aromatic heterocycles. The van der Waals surface area contributed by atoms with Gasteiger partial charge in [-0.1, -0.05) is 12.1 Å². The van der Waals surface area contributed by atoms with Gasteiger partial charge in [0.15, 0.2) is 0 Å². The molecule has 84 valence electrons. The molecule has 4 heteroatoms. The third-order valence-electron chi connectivity index (χ3n) is 1.59. The van der Waals surface area contributed by atoms with Gasteiger partial charge in [-0.25, -0.2) is 0 Å². The normalized spacial score (nSPS) is 12.7. The van der Waals surface area contributed by atoms with Crippen LogP contribution >= 0.6 is 11.6 Å². The van der Waals surface area contributed by atoms with Gasteiger partial charge >= 0.3 is 5.38 Å². The molecular weight excluding hydrogens is 222 g/mol. The van der Waals surface area contributed by atoms with Crippen molar-refractivity contribution in [3.05, 3.63) is 29.8 Å². The fraction of sp³-hybridized carbons (Fsp3) is 0.455. The zero-order chi connectivity index (χ0) is 11.7. The summed E-state index contributed by atoms with van der Waals surface area (Å²) in [5, 5.41) is -3.35. The molecule has 0 radical (unpaired) electrons. The summed E-state index contributed by atoms with van der Waals surface area (Å²) in [6.07, 6.45) is 0. The highest BCUT2D eigenvalue weighted by molar-refractivity contribution is 6.21. The molecule has 0 amide bonds. The lowest BCUT2D eigenvalue weighted by molar-refractivity contribution is 0.0928. The topological polar surface area (TPSA) is 9.23 Å². The highest BCUT2D eigenvalue weighted by atomic mass is 35.5. The van der Waals surface area contributed by atoms with Crippen LogP contribution in [-0.4, -0.2) is 5.60 Å². The summed E-state index contributed by atoms with van der Waals surface area (Å²) < 4.78 is 31.0. The van der Waals surface area contributed by atoms with E-state index in [4.69, 9.17) is 16.3 Å². The van der Waals surface area contributed by atoms with E-state index in [0.29, 0.717) is 5.75 Å². The van der Waals surface area contributed by atoms with Crippen LogP contribution in [0.2, 0.25) is 0 Å². The molecule has 0 atom stereocenters. The van der Waals surface area contributed by atoms with Crippen molar-refractivity contribution in [3.63, 3.8) is 0 Å². The first kappa shape index (κ1) is 12.2. The zero-order valence-corrected chi connectivity index (χ0v) is 9.61. The van der Waals surface area contributed by atoms with Gasteiger partial charge in [-0.15, -0.1) is 0 Å². The fourth-order valence-corrected chi connectivity index (χ4v) is 1.21. The van der Waals surface area contributed by atoms with Gasteiger partial charge in [0.1, 0.15) is 11.4 Å². The highest BCUT2D eigenvalue weighted by Crippen LogP contribution is 2.34. The molecule has 0 N–H and O–H groups in total. The minimum atomic E-state index is -3.35. The Morgan fingerprint density at radius 3 is 2.27 bits per heavy atom. The SMILES string of the molecule is CC(C)(C)Oc1cccc(C(F)(F)Cl)c1. The quantitative estimate of drug-likeness (QED) is 0.699. The fourth-order valence-electron chi connectivity index (χ4n) is 1.09. The molecule has 1 rings (SSSR count). The van der Waals surface area contributed by atoms with Crippen molar-refractivity contribution in [1.29, 1.82) is 0 Å². The van der Waals surface area contributed by atoms with Gasteiger partial charge in [0.05, 0.1) is 0 Å². The van der Waals surface area contributed by atoms with E-state index in [0.717, 1.165) is 0 Å². The number of alkyl halides is 3. The molecule has 1 aromatic carbocycles. The van der Waals surface area contributed by atoms with E-state index in [9.17, 15) is 8.78 Å². The molecule has 0 unspecified atom stereocenters.